The number of hydrogen-bond acceptors (Lipinski definition) is 4. The van der Waals surface area contributed by atoms with Gasteiger partial charge in [0.05, 0.1) is 12.3 Å². The number of benzene rings is 2. The Morgan fingerprint density at radius 1 is 0.893 bits per heavy atom. The second kappa shape index (κ2) is 9.01. The Labute approximate surface area is 164 Å². The van der Waals surface area contributed by atoms with Gasteiger partial charge in [-0.25, -0.2) is 0 Å². The predicted octanol–water partition coefficient (Wildman–Crippen LogP) is 3.56. The van der Waals surface area contributed by atoms with Crippen molar-refractivity contribution in [1.82, 2.24) is 10.2 Å². The van der Waals surface area contributed by atoms with Gasteiger partial charge in [-0.1, -0.05) is 18.2 Å². The van der Waals surface area contributed by atoms with Gasteiger partial charge in [0, 0.05) is 23.4 Å². The summed E-state index contributed by atoms with van der Waals surface area (Å²) in [6.07, 6.45) is 1.62. The monoisotopic (exact) mass is 377 g/mol. The van der Waals surface area contributed by atoms with Gasteiger partial charge in [-0.05, 0) is 62.6 Å². The van der Waals surface area contributed by atoms with Crippen LogP contribution in [0.25, 0.3) is 0 Å². The highest BCUT2D eigenvalue weighted by Gasteiger charge is 2.18. The van der Waals surface area contributed by atoms with E-state index in [4.69, 9.17) is 4.42 Å². The average molecular weight is 377 g/mol. The molecule has 1 heterocycles. The maximum atomic E-state index is 12.4. The second-order valence-electron chi connectivity index (χ2n) is 6.60. The van der Waals surface area contributed by atoms with Crippen LogP contribution in [0.2, 0.25) is 0 Å². The molecule has 0 aliphatic carbocycles. The molecule has 144 valence electrons. The Hall–Kier alpha value is -3.38. The molecular weight excluding hydrogens is 354 g/mol. The third kappa shape index (κ3) is 4.86. The predicted molar refractivity (Wildman–Crippen MR) is 108 cm³/mol. The van der Waals surface area contributed by atoms with Crippen LogP contribution in [0, 0.1) is 0 Å². The van der Waals surface area contributed by atoms with Gasteiger partial charge in [-0.3, -0.25) is 14.5 Å². The molecule has 0 saturated carbocycles. The zero-order chi connectivity index (χ0) is 19.9. The third-order valence-corrected chi connectivity index (χ3v) is 4.39. The van der Waals surface area contributed by atoms with Crippen LogP contribution in [0.3, 0.4) is 0 Å². The molecule has 0 unspecified atom stereocenters. The fourth-order valence-corrected chi connectivity index (χ4v) is 2.81. The first kappa shape index (κ1) is 19.4. The first-order valence-electron chi connectivity index (χ1n) is 8.99. The van der Waals surface area contributed by atoms with Crippen LogP contribution < -0.4 is 10.6 Å². The zero-order valence-electron chi connectivity index (χ0n) is 15.9. The quantitative estimate of drug-likeness (QED) is 0.660. The van der Waals surface area contributed by atoms with Crippen molar-refractivity contribution in [3.05, 3.63) is 89.9 Å². The fourth-order valence-electron chi connectivity index (χ4n) is 2.81. The number of hydrogen-bond donors (Lipinski definition) is 2. The Morgan fingerprint density at radius 2 is 1.57 bits per heavy atom. The molecule has 0 spiro atoms. The van der Waals surface area contributed by atoms with Crippen molar-refractivity contribution in [3.63, 3.8) is 0 Å². The number of likely N-dealkylation sites (N-methyl/N-ethyl adjacent to an activating group) is 1. The lowest BCUT2D eigenvalue weighted by Gasteiger charge is -2.22. The van der Waals surface area contributed by atoms with Gasteiger partial charge in [0.15, 0.2) is 0 Å². The standard InChI is InChI=1S/C22H23N3O3/c1-25(2)19(20-9-6-14-28-20)15-23-21(26)17-10-12-18(13-11-17)24-22(27)16-7-4-3-5-8-16/h3-14,19H,15H2,1-2H3,(H,23,26)(H,24,27)/t19-/m1/s1. The Bertz CT molecular complexity index is 904. The number of carbonyl (C=O) groups excluding carboxylic acids is 2. The molecule has 0 saturated heterocycles. The van der Waals surface area contributed by atoms with Crippen molar-refractivity contribution in [2.45, 2.75) is 6.04 Å². The van der Waals surface area contributed by atoms with E-state index in [1.807, 2.05) is 49.3 Å². The van der Waals surface area contributed by atoms with Crippen molar-refractivity contribution in [3.8, 4) is 0 Å². The van der Waals surface area contributed by atoms with Gasteiger partial charge < -0.3 is 15.1 Å². The molecule has 3 aromatic rings. The van der Waals surface area contributed by atoms with E-state index >= 15 is 0 Å². The van der Waals surface area contributed by atoms with E-state index in [1.54, 1.807) is 42.7 Å². The Kier molecular flexibility index (Phi) is 6.24. The molecule has 2 aromatic carbocycles. The molecule has 2 N–H and O–H groups in total. The van der Waals surface area contributed by atoms with E-state index in [-0.39, 0.29) is 17.9 Å². The van der Waals surface area contributed by atoms with Crippen molar-refractivity contribution in [2.24, 2.45) is 0 Å². The lowest BCUT2D eigenvalue weighted by atomic mass is 10.1. The van der Waals surface area contributed by atoms with Crippen molar-refractivity contribution < 1.29 is 14.0 Å². The van der Waals surface area contributed by atoms with Crippen LogP contribution in [0.4, 0.5) is 5.69 Å². The first-order chi connectivity index (χ1) is 13.5. The van der Waals surface area contributed by atoms with E-state index in [0.717, 1.165) is 5.76 Å². The van der Waals surface area contributed by atoms with E-state index in [2.05, 4.69) is 10.6 Å². The summed E-state index contributed by atoms with van der Waals surface area (Å²) < 4.78 is 5.45. The van der Waals surface area contributed by atoms with Crippen LogP contribution in [0.15, 0.2) is 77.4 Å². The van der Waals surface area contributed by atoms with Crippen LogP contribution in [-0.2, 0) is 0 Å². The van der Waals surface area contributed by atoms with Crippen LogP contribution in [0.1, 0.15) is 32.5 Å². The second-order valence-corrected chi connectivity index (χ2v) is 6.60. The number of nitrogens with zero attached hydrogens (tertiary/aromatic N) is 1. The highest BCUT2D eigenvalue weighted by Crippen LogP contribution is 2.18. The molecule has 1 atom stereocenters. The topological polar surface area (TPSA) is 74.6 Å². The van der Waals surface area contributed by atoms with Crippen LogP contribution >= 0.6 is 0 Å². The number of carbonyl (C=O) groups is 2. The molecule has 2 amide bonds. The molecular formula is C22H23N3O3. The summed E-state index contributed by atoms with van der Waals surface area (Å²) in [7, 11) is 3.87. The highest BCUT2D eigenvalue weighted by molar-refractivity contribution is 6.04. The van der Waals surface area contributed by atoms with Crippen LogP contribution in [0.5, 0.6) is 0 Å². The lowest BCUT2D eigenvalue weighted by Crippen LogP contribution is -2.34. The lowest BCUT2D eigenvalue weighted by molar-refractivity contribution is 0.0938. The molecule has 3 rings (SSSR count). The normalized spacial score (nSPS) is 11.8. The summed E-state index contributed by atoms with van der Waals surface area (Å²) in [5.74, 6) is 0.425. The molecule has 6 heteroatoms. The van der Waals surface area contributed by atoms with E-state index in [9.17, 15) is 9.59 Å². The third-order valence-electron chi connectivity index (χ3n) is 4.39. The molecule has 0 aliphatic heterocycles. The molecule has 6 nitrogen and oxygen atoms in total. The minimum absolute atomic E-state index is 0.0524. The van der Waals surface area contributed by atoms with Gasteiger partial charge in [0.2, 0.25) is 0 Å². The maximum absolute atomic E-state index is 12.4. The summed E-state index contributed by atoms with van der Waals surface area (Å²) in [6.45, 7) is 0.422. The highest BCUT2D eigenvalue weighted by atomic mass is 16.3. The largest absolute Gasteiger partial charge is 0.468 e. The Balaban J connectivity index is 1.58. The Morgan fingerprint density at radius 3 is 2.18 bits per heavy atom. The number of furan rings is 1. The van der Waals surface area contributed by atoms with Crippen molar-refractivity contribution in [1.29, 1.82) is 0 Å². The molecule has 0 aliphatic rings. The van der Waals surface area contributed by atoms with Crippen molar-refractivity contribution >= 4 is 17.5 Å². The molecule has 0 bridgehead atoms. The van der Waals surface area contributed by atoms with Gasteiger partial charge in [-0.15, -0.1) is 0 Å². The minimum Gasteiger partial charge on any atom is -0.468 e. The van der Waals surface area contributed by atoms with E-state index in [1.165, 1.54) is 0 Å². The summed E-state index contributed by atoms with van der Waals surface area (Å²) in [5.41, 5.74) is 1.73. The van der Waals surface area contributed by atoms with Crippen LogP contribution in [-0.4, -0.2) is 37.4 Å². The fraction of sp³-hybridized carbons (Fsp3) is 0.182. The summed E-state index contributed by atoms with van der Waals surface area (Å²) in [4.78, 5) is 26.6. The molecule has 1 aromatic heterocycles. The summed E-state index contributed by atoms with van der Waals surface area (Å²) >= 11 is 0. The molecule has 0 fully saturated rings. The maximum Gasteiger partial charge on any atom is 0.255 e. The number of nitrogens with one attached hydrogen (secondary N) is 2. The molecule has 0 radical (unpaired) electrons. The minimum atomic E-state index is -0.190. The van der Waals surface area contributed by atoms with E-state index < -0.39 is 0 Å². The smallest absolute Gasteiger partial charge is 0.255 e. The summed E-state index contributed by atoms with van der Waals surface area (Å²) in [5, 5.41) is 5.75. The van der Waals surface area contributed by atoms with E-state index in [0.29, 0.717) is 23.4 Å². The number of amides is 2. The van der Waals surface area contributed by atoms with Gasteiger partial charge in [0.1, 0.15) is 5.76 Å². The van der Waals surface area contributed by atoms with Gasteiger partial charge in [0.25, 0.3) is 11.8 Å². The summed E-state index contributed by atoms with van der Waals surface area (Å²) in [6, 6.07) is 19.4. The number of anilines is 1. The number of rotatable bonds is 7. The average Bonchev–Trinajstić information content (AvgIpc) is 3.23. The van der Waals surface area contributed by atoms with Gasteiger partial charge >= 0.3 is 0 Å². The first-order valence-corrected chi connectivity index (χ1v) is 8.99. The molecule has 28 heavy (non-hydrogen) atoms. The zero-order valence-corrected chi connectivity index (χ0v) is 15.9. The SMILES string of the molecule is CN(C)[C@H](CNC(=O)c1ccc(NC(=O)c2ccccc2)cc1)c1ccco1. The van der Waals surface area contributed by atoms with Crippen molar-refractivity contribution in [2.75, 3.05) is 26.0 Å². The van der Waals surface area contributed by atoms with Gasteiger partial charge in [-0.2, -0.15) is 0 Å².